The van der Waals surface area contributed by atoms with E-state index in [-0.39, 0.29) is 5.91 Å². The number of carbonyl (C=O) groups excluding carboxylic acids is 1. The number of amides is 1. The van der Waals surface area contributed by atoms with Crippen molar-refractivity contribution in [1.29, 1.82) is 0 Å². The number of likely N-dealkylation sites (tertiary alicyclic amines) is 1. The number of piperidine rings is 1. The van der Waals surface area contributed by atoms with Crippen molar-refractivity contribution in [3.8, 4) is 0 Å². The molecule has 0 radical (unpaired) electrons. The summed E-state index contributed by atoms with van der Waals surface area (Å²) in [6.45, 7) is 4.65. The number of benzene rings is 1. The van der Waals surface area contributed by atoms with Gasteiger partial charge in [-0.15, -0.1) is 11.3 Å². The third-order valence-electron chi connectivity index (χ3n) is 4.76. The van der Waals surface area contributed by atoms with Crippen LogP contribution in [0.25, 0.3) is 10.2 Å². The van der Waals surface area contributed by atoms with Crippen LogP contribution in [0.2, 0.25) is 0 Å². The molecular formula is C18H20N4OS. The average Bonchev–Trinajstić information content (AvgIpc) is 3.21. The van der Waals surface area contributed by atoms with Gasteiger partial charge >= 0.3 is 0 Å². The van der Waals surface area contributed by atoms with Crippen molar-refractivity contribution in [3.05, 3.63) is 47.5 Å². The van der Waals surface area contributed by atoms with Gasteiger partial charge < -0.3 is 9.47 Å². The van der Waals surface area contributed by atoms with E-state index in [9.17, 15) is 4.79 Å². The number of thiazole rings is 1. The standard InChI is InChI=1S/C18H20N4OS/c1-13-19-8-11-22(13)12-14-6-9-21(10-7-14)18(23)17-20-15-4-2-3-5-16(15)24-17/h2-5,8,11,14H,6-7,9-10,12H2,1H3. The van der Waals surface area contributed by atoms with Crippen LogP contribution in [-0.4, -0.2) is 38.4 Å². The Bertz CT molecular complexity index is 828. The Morgan fingerprint density at radius 3 is 2.79 bits per heavy atom. The quantitative estimate of drug-likeness (QED) is 0.735. The lowest BCUT2D eigenvalue weighted by atomic mass is 9.96. The number of para-hydroxylation sites is 1. The third kappa shape index (κ3) is 2.94. The first-order valence-corrected chi connectivity index (χ1v) is 9.15. The summed E-state index contributed by atoms with van der Waals surface area (Å²) < 4.78 is 3.28. The molecule has 3 heterocycles. The molecule has 2 aromatic heterocycles. The van der Waals surface area contributed by atoms with E-state index in [1.807, 2.05) is 48.5 Å². The molecular weight excluding hydrogens is 320 g/mol. The van der Waals surface area contributed by atoms with Crippen molar-refractivity contribution in [1.82, 2.24) is 19.4 Å². The Hall–Kier alpha value is -2.21. The van der Waals surface area contributed by atoms with Gasteiger partial charge in [-0.3, -0.25) is 4.79 Å². The second kappa shape index (κ2) is 6.36. The maximum atomic E-state index is 12.7. The third-order valence-corrected chi connectivity index (χ3v) is 5.78. The zero-order valence-corrected chi connectivity index (χ0v) is 14.5. The maximum Gasteiger partial charge on any atom is 0.282 e. The fourth-order valence-corrected chi connectivity index (χ4v) is 4.23. The molecule has 3 aromatic rings. The van der Waals surface area contributed by atoms with E-state index in [0.717, 1.165) is 48.5 Å². The summed E-state index contributed by atoms with van der Waals surface area (Å²) in [5.74, 6) is 1.74. The van der Waals surface area contributed by atoms with E-state index < -0.39 is 0 Å². The molecule has 24 heavy (non-hydrogen) atoms. The minimum atomic E-state index is 0.0773. The minimum absolute atomic E-state index is 0.0773. The number of nitrogens with zero attached hydrogens (tertiary/aromatic N) is 4. The van der Waals surface area contributed by atoms with E-state index in [0.29, 0.717) is 10.9 Å². The Morgan fingerprint density at radius 2 is 2.08 bits per heavy atom. The highest BCUT2D eigenvalue weighted by Gasteiger charge is 2.26. The number of fused-ring (bicyclic) bond motifs is 1. The van der Waals surface area contributed by atoms with Crippen LogP contribution >= 0.6 is 11.3 Å². The highest BCUT2D eigenvalue weighted by molar-refractivity contribution is 7.20. The van der Waals surface area contributed by atoms with Gasteiger partial charge in [-0.1, -0.05) is 12.1 Å². The molecule has 0 atom stereocenters. The molecule has 0 spiro atoms. The molecule has 5 nitrogen and oxygen atoms in total. The summed E-state index contributed by atoms with van der Waals surface area (Å²) in [5.41, 5.74) is 0.913. The molecule has 6 heteroatoms. The molecule has 1 fully saturated rings. The van der Waals surface area contributed by atoms with Gasteiger partial charge in [-0.25, -0.2) is 9.97 Å². The van der Waals surface area contributed by atoms with E-state index >= 15 is 0 Å². The number of hydrogen-bond donors (Lipinski definition) is 0. The molecule has 0 aliphatic carbocycles. The molecule has 1 saturated heterocycles. The fourth-order valence-electron chi connectivity index (χ4n) is 3.29. The zero-order chi connectivity index (χ0) is 16.5. The second-order valence-electron chi connectivity index (χ2n) is 6.35. The Morgan fingerprint density at radius 1 is 1.29 bits per heavy atom. The van der Waals surface area contributed by atoms with Gasteiger partial charge in [-0.05, 0) is 37.8 Å². The fraction of sp³-hybridized carbons (Fsp3) is 0.389. The van der Waals surface area contributed by atoms with Gasteiger partial charge in [-0.2, -0.15) is 0 Å². The van der Waals surface area contributed by atoms with Crippen molar-refractivity contribution < 1.29 is 4.79 Å². The number of imidazole rings is 1. The summed E-state index contributed by atoms with van der Waals surface area (Å²) in [6, 6.07) is 7.92. The molecule has 0 N–H and O–H groups in total. The molecule has 0 saturated carbocycles. The molecule has 1 aliphatic rings. The van der Waals surface area contributed by atoms with Crippen LogP contribution in [0.4, 0.5) is 0 Å². The van der Waals surface area contributed by atoms with Crippen LogP contribution < -0.4 is 0 Å². The van der Waals surface area contributed by atoms with Crippen LogP contribution in [0.1, 0.15) is 28.5 Å². The lowest BCUT2D eigenvalue weighted by Gasteiger charge is -2.31. The maximum absolute atomic E-state index is 12.7. The molecule has 124 valence electrons. The SMILES string of the molecule is Cc1nccn1CC1CCN(C(=O)c2nc3ccccc3s2)CC1. The van der Waals surface area contributed by atoms with Crippen LogP contribution in [0, 0.1) is 12.8 Å². The van der Waals surface area contributed by atoms with Crippen LogP contribution in [0.5, 0.6) is 0 Å². The minimum Gasteiger partial charge on any atom is -0.337 e. The summed E-state index contributed by atoms with van der Waals surface area (Å²) in [5, 5.41) is 0.611. The van der Waals surface area contributed by atoms with Gasteiger partial charge in [0.1, 0.15) is 5.82 Å². The summed E-state index contributed by atoms with van der Waals surface area (Å²) in [4.78, 5) is 23.4. The van der Waals surface area contributed by atoms with E-state index in [1.165, 1.54) is 11.3 Å². The molecule has 0 unspecified atom stereocenters. The summed E-state index contributed by atoms with van der Waals surface area (Å²) in [7, 11) is 0. The first-order valence-electron chi connectivity index (χ1n) is 8.33. The predicted molar refractivity (Wildman–Crippen MR) is 95.2 cm³/mol. The molecule has 0 bridgehead atoms. The van der Waals surface area contributed by atoms with E-state index in [1.54, 1.807) is 0 Å². The van der Waals surface area contributed by atoms with Crippen LogP contribution in [-0.2, 0) is 6.54 Å². The molecule has 1 aromatic carbocycles. The number of aromatic nitrogens is 3. The second-order valence-corrected chi connectivity index (χ2v) is 7.38. The molecule has 1 aliphatic heterocycles. The first kappa shape index (κ1) is 15.3. The summed E-state index contributed by atoms with van der Waals surface area (Å²) in [6.07, 6.45) is 5.96. The normalized spacial score (nSPS) is 16.0. The predicted octanol–water partition coefficient (Wildman–Crippen LogP) is 3.35. The lowest BCUT2D eigenvalue weighted by molar-refractivity contribution is 0.0682. The highest BCUT2D eigenvalue weighted by atomic mass is 32.1. The number of hydrogen-bond acceptors (Lipinski definition) is 4. The van der Waals surface area contributed by atoms with Gasteiger partial charge in [0.2, 0.25) is 0 Å². The first-order chi connectivity index (χ1) is 11.7. The average molecular weight is 340 g/mol. The largest absolute Gasteiger partial charge is 0.337 e. The highest BCUT2D eigenvalue weighted by Crippen LogP contribution is 2.25. The van der Waals surface area contributed by atoms with E-state index in [2.05, 4.69) is 14.5 Å². The van der Waals surface area contributed by atoms with Gasteiger partial charge in [0, 0.05) is 32.0 Å². The zero-order valence-electron chi connectivity index (χ0n) is 13.7. The van der Waals surface area contributed by atoms with Crippen LogP contribution in [0.15, 0.2) is 36.7 Å². The molecule has 4 rings (SSSR count). The van der Waals surface area contributed by atoms with Crippen molar-refractivity contribution >= 4 is 27.5 Å². The number of aryl methyl sites for hydroxylation is 1. The topological polar surface area (TPSA) is 51.0 Å². The summed E-state index contributed by atoms with van der Waals surface area (Å²) >= 11 is 1.49. The van der Waals surface area contributed by atoms with E-state index in [4.69, 9.17) is 0 Å². The Labute approximate surface area is 145 Å². The van der Waals surface area contributed by atoms with Crippen molar-refractivity contribution in [2.24, 2.45) is 5.92 Å². The smallest absolute Gasteiger partial charge is 0.282 e. The van der Waals surface area contributed by atoms with Crippen molar-refractivity contribution in [2.75, 3.05) is 13.1 Å². The Balaban J connectivity index is 1.40. The number of carbonyl (C=O) groups is 1. The van der Waals surface area contributed by atoms with Crippen molar-refractivity contribution in [3.63, 3.8) is 0 Å². The lowest BCUT2D eigenvalue weighted by Crippen LogP contribution is -2.39. The van der Waals surface area contributed by atoms with Gasteiger partial charge in [0.15, 0.2) is 5.01 Å². The van der Waals surface area contributed by atoms with Gasteiger partial charge in [0.25, 0.3) is 5.91 Å². The van der Waals surface area contributed by atoms with Crippen LogP contribution in [0.3, 0.4) is 0 Å². The van der Waals surface area contributed by atoms with Gasteiger partial charge in [0.05, 0.1) is 10.2 Å². The Kier molecular flexibility index (Phi) is 4.06. The molecule has 1 amide bonds. The van der Waals surface area contributed by atoms with Crippen molar-refractivity contribution in [2.45, 2.75) is 26.3 Å². The number of rotatable bonds is 3. The monoisotopic (exact) mass is 340 g/mol.